The third-order valence-electron chi connectivity index (χ3n) is 3.78. The Morgan fingerprint density at radius 3 is 2.73 bits per heavy atom. The predicted molar refractivity (Wildman–Crippen MR) is 99.6 cm³/mol. The number of amides is 1. The monoisotopic (exact) mass is 392 g/mol. The number of halogens is 1. The van der Waals surface area contributed by atoms with E-state index in [9.17, 15) is 13.2 Å². The Hall–Kier alpha value is -2.42. The minimum atomic E-state index is -3.32. The molecule has 0 spiro atoms. The number of carbonyl (C=O) groups excluding carboxylic acids is 1. The smallest absolute Gasteiger partial charge is 0.253 e. The third kappa shape index (κ3) is 4.21. The molecule has 3 rings (SSSR count). The van der Waals surface area contributed by atoms with Crippen molar-refractivity contribution in [2.24, 2.45) is 0 Å². The van der Waals surface area contributed by atoms with Crippen LogP contribution in [-0.4, -0.2) is 32.1 Å². The fourth-order valence-electron chi connectivity index (χ4n) is 2.36. The van der Waals surface area contributed by atoms with Crippen LogP contribution in [0.3, 0.4) is 0 Å². The van der Waals surface area contributed by atoms with Crippen molar-refractivity contribution >= 4 is 33.2 Å². The van der Waals surface area contributed by atoms with Crippen LogP contribution in [0.15, 0.2) is 53.7 Å². The summed E-state index contributed by atoms with van der Waals surface area (Å²) in [7, 11) is -3.32. The molecule has 1 amide bonds. The van der Waals surface area contributed by atoms with E-state index in [4.69, 9.17) is 11.6 Å². The highest BCUT2D eigenvalue weighted by molar-refractivity contribution is 7.90. The van der Waals surface area contributed by atoms with Gasteiger partial charge in [-0.2, -0.15) is 0 Å². The summed E-state index contributed by atoms with van der Waals surface area (Å²) in [5.74, 6) is 0.395. The molecule has 2 aromatic rings. The highest BCUT2D eigenvalue weighted by atomic mass is 35.5. The van der Waals surface area contributed by atoms with E-state index in [1.165, 1.54) is 18.3 Å². The molecule has 1 aliphatic heterocycles. The van der Waals surface area contributed by atoms with Crippen molar-refractivity contribution in [2.45, 2.75) is 11.4 Å². The summed E-state index contributed by atoms with van der Waals surface area (Å²) in [4.78, 5) is 16.6. The molecule has 2 heterocycles. The SMILES string of the molecule is CS(=O)(=O)c1ccc(CNC(=O)c2ccc(N3C=CCN3)nc2)c(Cl)c1. The summed E-state index contributed by atoms with van der Waals surface area (Å²) in [6, 6.07) is 7.86. The second-order valence-electron chi connectivity index (χ2n) is 5.73. The number of sulfone groups is 1. The number of benzene rings is 1. The molecule has 26 heavy (non-hydrogen) atoms. The lowest BCUT2D eigenvalue weighted by Gasteiger charge is -2.14. The number of aromatic nitrogens is 1. The van der Waals surface area contributed by atoms with E-state index in [1.807, 2.05) is 12.3 Å². The van der Waals surface area contributed by atoms with Crippen LogP contribution >= 0.6 is 11.6 Å². The van der Waals surface area contributed by atoms with Gasteiger partial charge in [-0.05, 0) is 29.8 Å². The largest absolute Gasteiger partial charge is 0.348 e. The average molecular weight is 393 g/mol. The van der Waals surface area contributed by atoms with Crippen molar-refractivity contribution < 1.29 is 13.2 Å². The van der Waals surface area contributed by atoms with E-state index in [0.29, 0.717) is 16.9 Å². The molecular formula is C17H17ClN4O3S. The maximum absolute atomic E-state index is 12.3. The van der Waals surface area contributed by atoms with Gasteiger partial charge in [0.25, 0.3) is 5.91 Å². The first-order valence-corrected chi connectivity index (χ1v) is 10.0. The molecule has 0 saturated heterocycles. The van der Waals surface area contributed by atoms with Gasteiger partial charge in [0, 0.05) is 36.8 Å². The zero-order valence-corrected chi connectivity index (χ0v) is 15.5. The Labute approximate surface area is 156 Å². The van der Waals surface area contributed by atoms with Gasteiger partial charge in [0.15, 0.2) is 9.84 Å². The van der Waals surface area contributed by atoms with Crippen molar-refractivity contribution in [2.75, 3.05) is 17.8 Å². The molecule has 1 aromatic heterocycles. The highest BCUT2D eigenvalue weighted by Crippen LogP contribution is 2.21. The molecule has 2 N–H and O–H groups in total. The summed E-state index contributed by atoms with van der Waals surface area (Å²) in [6.07, 6.45) is 6.43. The molecule has 9 heteroatoms. The lowest BCUT2D eigenvalue weighted by molar-refractivity contribution is 0.0950. The quantitative estimate of drug-likeness (QED) is 0.807. The second-order valence-corrected chi connectivity index (χ2v) is 8.15. The van der Waals surface area contributed by atoms with Gasteiger partial charge in [-0.3, -0.25) is 9.80 Å². The molecule has 0 bridgehead atoms. The van der Waals surface area contributed by atoms with E-state index in [2.05, 4.69) is 15.7 Å². The summed E-state index contributed by atoms with van der Waals surface area (Å²) in [5.41, 5.74) is 4.14. The molecule has 0 saturated carbocycles. The van der Waals surface area contributed by atoms with Gasteiger partial charge in [0.1, 0.15) is 5.82 Å². The van der Waals surface area contributed by atoms with Gasteiger partial charge < -0.3 is 5.32 Å². The molecule has 7 nitrogen and oxygen atoms in total. The van der Waals surface area contributed by atoms with E-state index in [1.54, 1.807) is 23.2 Å². The normalized spacial score (nSPS) is 13.8. The molecule has 1 aromatic carbocycles. The van der Waals surface area contributed by atoms with Crippen molar-refractivity contribution in [1.82, 2.24) is 15.7 Å². The maximum atomic E-state index is 12.3. The number of nitrogens with zero attached hydrogens (tertiary/aromatic N) is 2. The molecule has 0 atom stereocenters. The molecule has 136 valence electrons. The Balaban J connectivity index is 1.64. The Morgan fingerprint density at radius 2 is 2.15 bits per heavy atom. The first-order chi connectivity index (χ1) is 12.3. The zero-order chi connectivity index (χ0) is 18.7. The molecule has 0 radical (unpaired) electrons. The topological polar surface area (TPSA) is 91.4 Å². The van der Waals surface area contributed by atoms with Gasteiger partial charge >= 0.3 is 0 Å². The number of anilines is 1. The first kappa shape index (κ1) is 18.4. The standard InChI is InChI=1S/C17H17ClN4O3S/c1-26(24,25)14-5-3-12(15(18)9-14)10-20-17(23)13-4-6-16(19-11-13)22-8-2-7-21-22/h2-6,8-9,11,21H,7,10H2,1H3,(H,20,23). The Kier molecular flexibility index (Phi) is 5.26. The number of pyridine rings is 1. The molecule has 0 aliphatic carbocycles. The minimum Gasteiger partial charge on any atom is -0.348 e. The average Bonchev–Trinajstić information content (AvgIpc) is 3.14. The van der Waals surface area contributed by atoms with Crippen LogP contribution < -0.4 is 15.8 Å². The molecular weight excluding hydrogens is 376 g/mol. The van der Waals surface area contributed by atoms with Crippen LogP contribution in [0.5, 0.6) is 0 Å². The van der Waals surface area contributed by atoms with Crippen molar-refractivity contribution in [3.63, 3.8) is 0 Å². The number of hydrogen-bond acceptors (Lipinski definition) is 6. The Morgan fingerprint density at radius 1 is 1.35 bits per heavy atom. The lowest BCUT2D eigenvalue weighted by atomic mass is 10.2. The van der Waals surface area contributed by atoms with Gasteiger partial charge in [-0.1, -0.05) is 23.7 Å². The van der Waals surface area contributed by atoms with E-state index in [0.717, 1.165) is 12.8 Å². The lowest BCUT2D eigenvalue weighted by Crippen LogP contribution is -2.29. The number of hydrogen-bond donors (Lipinski definition) is 2. The maximum Gasteiger partial charge on any atom is 0.253 e. The van der Waals surface area contributed by atoms with Gasteiger partial charge in [-0.15, -0.1) is 0 Å². The minimum absolute atomic E-state index is 0.141. The van der Waals surface area contributed by atoms with E-state index in [-0.39, 0.29) is 22.4 Å². The fraction of sp³-hybridized carbons (Fsp3) is 0.176. The molecule has 0 unspecified atom stereocenters. The Bertz CT molecular complexity index is 958. The molecule has 0 fully saturated rings. The number of nitrogens with one attached hydrogen (secondary N) is 2. The number of hydrazine groups is 1. The van der Waals surface area contributed by atoms with Gasteiger partial charge in [0.05, 0.1) is 10.5 Å². The van der Waals surface area contributed by atoms with Crippen molar-refractivity contribution in [3.8, 4) is 0 Å². The van der Waals surface area contributed by atoms with Gasteiger partial charge in [0.2, 0.25) is 0 Å². The third-order valence-corrected chi connectivity index (χ3v) is 5.25. The fourth-order valence-corrected chi connectivity index (χ4v) is 3.32. The van der Waals surface area contributed by atoms with Gasteiger partial charge in [-0.25, -0.2) is 18.8 Å². The summed E-state index contributed by atoms with van der Waals surface area (Å²) in [5, 5.41) is 4.80. The van der Waals surface area contributed by atoms with E-state index < -0.39 is 9.84 Å². The zero-order valence-electron chi connectivity index (χ0n) is 13.9. The predicted octanol–water partition coefficient (Wildman–Crippen LogP) is 1.91. The van der Waals surface area contributed by atoms with Crippen LogP contribution in [0.1, 0.15) is 15.9 Å². The number of carbonyl (C=O) groups is 1. The van der Waals surface area contributed by atoms with Crippen LogP contribution in [0.2, 0.25) is 5.02 Å². The van der Waals surface area contributed by atoms with Crippen molar-refractivity contribution in [3.05, 3.63) is 65.0 Å². The second kappa shape index (κ2) is 7.45. The van der Waals surface area contributed by atoms with Crippen LogP contribution in [0.25, 0.3) is 0 Å². The molecule has 1 aliphatic rings. The summed E-state index contributed by atoms with van der Waals surface area (Å²) in [6.45, 7) is 0.919. The van der Waals surface area contributed by atoms with Crippen LogP contribution in [-0.2, 0) is 16.4 Å². The van der Waals surface area contributed by atoms with Crippen LogP contribution in [0.4, 0.5) is 5.82 Å². The van der Waals surface area contributed by atoms with Crippen molar-refractivity contribution in [1.29, 1.82) is 0 Å². The summed E-state index contributed by atoms with van der Waals surface area (Å²) < 4.78 is 23.0. The number of rotatable bonds is 5. The van der Waals surface area contributed by atoms with E-state index >= 15 is 0 Å². The van der Waals surface area contributed by atoms with Crippen LogP contribution in [0, 0.1) is 0 Å². The highest BCUT2D eigenvalue weighted by Gasteiger charge is 2.13. The summed E-state index contributed by atoms with van der Waals surface area (Å²) >= 11 is 6.11. The first-order valence-electron chi connectivity index (χ1n) is 7.77.